The van der Waals surface area contributed by atoms with Crippen molar-refractivity contribution in [2.24, 2.45) is 0 Å². The van der Waals surface area contributed by atoms with Crippen LogP contribution in [0.4, 0.5) is 0 Å². The van der Waals surface area contributed by atoms with Gasteiger partial charge in [0.2, 0.25) is 11.8 Å². The molecule has 8 heterocycles. The molecule has 0 spiro atoms. The number of ether oxygens (including phenoxy) is 15. The fraction of sp³-hybridized carbons (Fsp3) is 0.962. The molecule has 8 aliphatic rings. The maximum absolute atomic E-state index is 13.4. The fourth-order valence-electron chi connectivity index (χ4n) is 12.3. The first-order chi connectivity index (χ1) is 45.6. The standard InChI is InChI=1S/C52H88N2O42S/c1-11-23(62)29(68)34(73)48(82-11)93-41-22(54-14(4)61)47(95-42-27(66)17(7-57)86-50(36(42)75)90-38-19(9-59)84-45(77)33(72)32(38)71)89-20(10-81-97(78,79)80)39(41)91-51-37(76)43(28(67)18(8-58)87-51)94-46-21(53-13(3)60)40(26(65)16(6-56)85-46)92-52-44(31(70)25(64)15(5-55)88-52)96-49-35(74)30(69)24(63)12(2)83-49/h11-12,15-52,55-59,62-77H,5-10H2,1-4H3,(H,53,60)(H,54,61)(H,78,79,80)/t11-,12-,15+,16+,17+,18+,19+,20+,21+,22+,23+,24+,25-,26+,27-,28-,29+,30+,31-,32+,33+,34-,35-,36-,37+,38+,39+,40+,41+,42-,43-,44+,45+,46-,47-,48-,49-,50-,51-,52-/m0/s1. The molecule has 8 rings (SSSR count). The minimum atomic E-state index is -5.60. The van der Waals surface area contributed by atoms with Gasteiger partial charge in [-0.3, -0.25) is 14.1 Å². The Morgan fingerprint density at radius 1 is 0.330 bits per heavy atom. The molecule has 2 amide bonds. The Morgan fingerprint density at radius 3 is 1.11 bits per heavy atom. The van der Waals surface area contributed by atoms with Gasteiger partial charge in [0.1, 0.15) is 183 Å². The second kappa shape index (κ2) is 33.9. The minimum absolute atomic E-state index is 0.876. The average Bonchev–Trinajstić information content (AvgIpc) is 0.769. The summed E-state index contributed by atoms with van der Waals surface area (Å²) in [5.74, 6) is -2.04. The molecule has 8 aliphatic heterocycles. The Morgan fingerprint density at radius 2 is 0.670 bits per heavy atom. The Labute approximate surface area is 549 Å². The van der Waals surface area contributed by atoms with E-state index in [0.29, 0.717) is 0 Å². The summed E-state index contributed by atoms with van der Waals surface area (Å²) in [6, 6.07) is -4.11. The van der Waals surface area contributed by atoms with Crippen molar-refractivity contribution in [2.45, 2.75) is 273 Å². The van der Waals surface area contributed by atoms with Crippen molar-refractivity contribution in [1.82, 2.24) is 10.6 Å². The third-order valence-corrected chi connectivity index (χ3v) is 18.0. The molecule has 8 fully saturated rings. The normalized spacial score (nSPS) is 50.2. The smallest absolute Gasteiger partial charge is 0.394 e. The highest BCUT2D eigenvalue weighted by atomic mass is 32.3. The molecule has 0 aromatic carbocycles. The van der Waals surface area contributed by atoms with Gasteiger partial charge < -0.3 is 189 Å². The molecule has 0 unspecified atom stereocenters. The van der Waals surface area contributed by atoms with Crippen molar-refractivity contribution in [1.29, 1.82) is 0 Å². The summed E-state index contributed by atoms with van der Waals surface area (Å²) in [6.07, 6.45) is -78.7. The van der Waals surface area contributed by atoms with Crippen LogP contribution in [0.15, 0.2) is 0 Å². The quantitative estimate of drug-likeness (QED) is 0.0399. The second-order valence-corrected chi connectivity index (χ2v) is 25.4. The number of rotatable bonds is 24. The molecule has 0 aliphatic carbocycles. The lowest BCUT2D eigenvalue weighted by atomic mass is 9.93. The molecule has 40 atom stereocenters. The lowest BCUT2D eigenvalue weighted by Gasteiger charge is -2.52. The van der Waals surface area contributed by atoms with Crippen LogP contribution in [0.1, 0.15) is 27.7 Å². The monoisotopic (exact) mass is 1440 g/mol. The van der Waals surface area contributed by atoms with Gasteiger partial charge in [-0.25, -0.2) is 4.18 Å². The molecule has 0 bridgehead atoms. The van der Waals surface area contributed by atoms with Crippen LogP contribution in [0.25, 0.3) is 0 Å². The summed E-state index contributed by atoms with van der Waals surface area (Å²) in [4.78, 5) is 26.5. The lowest BCUT2D eigenvalue weighted by Crippen LogP contribution is -2.72. The largest absolute Gasteiger partial charge is 0.397 e. The van der Waals surface area contributed by atoms with Gasteiger partial charge in [0.25, 0.3) is 0 Å². The van der Waals surface area contributed by atoms with E-state index in [-0.39, 0.29) is 0 Å². The van der Waals surface area contributed by atoms with E-state index in [9.17, 15) is 130 Å². The molecular formula is C52H88N2O42S. The fourth-order valence-corrected chi connectivity index (χ4v) is 12.6. The van der Waals surface area contributed by atoms with Crippen molar-refractivity contribution in [2.75, 3.05) is 39.6 Å². The summed E-state index contributed by atoms with van der Waals surface area (Å²) >= 11 is 0. The number of hydrogen-bond acceptors (Lipinski definition) is 41. The average molecular weight is 1450 g/mol. The van der Waals surface area contributed by atoms with Crippen LogP contribution in [0.2, 0.25) is 0 Å². The van der Waals surface area contributed by atoms with Crippen molar-refractivity contribution < 1.29 is 205 Å². The number of amides is 2. The number of hydrogen-bond donors (Lipinski definition) is 24. The molecule has 0 saturated carbocycles. The van der Waals surface area contributed by atoms with E-state index >= 15 is 0 Å². The molecule has 24 N–H and O–H groups in total. The maximum atomic E-state index is 13.4. The third-order valence-electron chi connectivity index (χ3n) is 17.6. The summed E-state index contributed by atoms with van der Waals surface area (Å²) in [5, 5.41) is 235. The number of nitrogens with one attached hydrogen (secondary N) is 2. The van der Waals surface area contributed by atoms with Crippen LogP contribution >= 0.6 is 0 Å². The molecule has 0 aromatic rings. The van der Waals surface area contributed by atoms with Gasteiger partial charge in [-0.05, 0) is 13.8 Å². The van der Waals surface area contributed by atoms with E-state index in [1.807, 2.05) is 0 Å². The van der Waals surface area contributed by atoms with E-state index in [4.69, 9.17) is 75.2 Å². The molecule has 45 heteroatoms. The molecule has 8 saturated heterocycles. The Balaban J connectivity index is 1.15. The predicted octanol–water partition coefficient (Wildman–Crippen LogP) is -16.3. The van der Waals surface area contributed by atoms with E-state index in [1.165, 1.54) is 13.8 Å². The molecule has 0 aromatic heterocycles. The van der Waals surface area contributed by atoms with Crippen molar-refractivity contribution in [3.8, 4) is 0 Å². The topological polar surface area (TPSA) is 685 Å². The number of carbonyl (C=O) groups excluding carboxylic acids is 2. The zero-order valence-corrected chi connectivity index (χ0v) is 52.6. The van der Waals surface area contributed by atoms with Crippen molar-refractivity contribution in [3.63, 3.8) is 0 Å². The second-order valence-electron chi connectivity index (χ2n) is 24.3. The Hall–Kier alpha value is -2.63. The van der Waals surface area contributed by atoms with Gasteiger partial charge in [0, 0.05) is 13.8 Å². The van der Waals surface area contributed by atoms with Crippen LogP contribution in [0, 0.1) is 0 Å². The first-order valence-electron chi connectivity index (χ1n) is 30.5. The number of carbonyl (C=O) groups is 2. The molecule has 97 heavy (non-hydrogen) atoms. The molecule has 44 nitrogen and oxygen atoms in total. The van der Waals surface area contributed by atoms with Crippen molar-refractivity contribution in [3.05, 3.63) is 0 Å². The molecule has 0 radical (unpaired) electrons. The maximum Gasteiger partial charge on any atom is 0.397 e. The van der Waals surface area contributed by atoms with Crippen LogP contribution in [0.5, 0.6) is 0 Å². The van der Waals surface area contributed by atoms with E-state index in [0.717, 1.165) is 13.8 Å². The first-order valence-corrected chi connectivity index (χ1v) is 31.9. The summed E-state index contributed by atoms with van der Waals surface area (Å²) < 4.78 is 127. The third kappa shape index (κ3) is 17.8. The van der Waals surface area contributed by atoms with E-state index in [2.05, 4.69) is 10.6 Å². The highest BCUT2D eigenvalue weighted by Gasteiger charge is 2.61. The Kier molecular flexibility index (Phi) is 28.0. The molecule has 564 valence electrons. The van der Waals surface area contributed by atoms with Crippen molar-refractivity contribution >= 4 is 22.2 Å². The summed E-state index contributed by atoms with van der Waals surface area (Å²) in [6.45, 7) is -2.79. The van der Waals surface area contributed by atoms with Crippen LogP contribution in [-0.4, -0.2) is 417 Å². The van der Waals surface area contributed by atoms with E-state index in [1.54, 1.807) is 0 Å². The van der Waals surface area contributed by atoms with Gasteiger partial charge in [-0.1, -0.05) is 0 Å². The highest BCUT2D eigenvalue weighted by Crippen LogP contribution is 2.40. The number of aliphatic hydroxyl groups excluding tert-OH is 21. The minimum Gasteiger partial charge on any atom is -0.394 e. The zero-order chi connectivity index (χ0) is 71.7. The van der Waals surface area contributed by atoms with Gasteiger partial charge in [0.05, 0.1) is 51.8 Å². The lowest BCUT2D eigenvalue weighted by molar-refractivity contribution is -0.398. The summed E-state index contributed by atoms with van der Waals surface area (Å²) in [5.41, 5.74) is 0. The Bertz CT molecular complexity index is 2620. The van der Waals surface area contributed by atoms with Gasteiger partial charge >= 0.3 is 10.4 Å². The SMILES string of the molecule is CC(=O)N[C@H]1[C@H](O[C@@H]2[C@H](O)[C@H](O[C@H]3[C@H](O)[C@@H](O)[C@H](O)O[C@@H]3CO)O[C@H](CO)[C@@H]2O)O[C@H](COS(=O)(=O)O)[C@@H](O[C@@H]2O[C@H](CO)[C@H](O)[C@H](O[C@@H]3O[C@H](CO)[C@@H](O)[C@H](O[C@@H]4O[C@H](CO)[C@H](O)[C@H](O)[C@H]4O[C@@H]4O[C@@H](C)[C@@H](O)[C@@H](O)[C@@H]4O)[C@H]3NC(C)=O)[C@H]2O)[C@@H]1O[C@@H]1O[C@@H](C)[C@@H](O)[C@@H](O)[C@@H]1O. The van der Waals surface area contributed by atoms with Gasteiger partial charge in [0.15, 0.2) is 50.3 Å². The first kappa shape index (κ1) is 80.1. The highest BCUT2D eigenvalue weighted by molar-refractivity contribution is 7.80. The molecular weight excluding hydrogens is 1360 g/mol. The van der Waals surface area contributed by atoms with Gasteiger partial charge in [-0.2, -0.15) is 8.42 Å². The van der Waals surface area contributed by atoms with E-state index < -0.39 is 307 Å². The van der Waals surface area contributed by atoms with Crippen LogP contribution < -0.4 is 10.6 Å². The van der Waals surface area contributed by atoms with Crippen LogP contribution in [-0.2, 0) is 95.2 Å². The zero-order valence-electron chi connectivity index (χ0n) is 51.7. The van der Waals surface area contributed by atoms with Gasteiger partial charge in [-0.15, -0.1) is 0 Å². The predicted molar refractivity (Wildman–Crippen MR) is 295 cm³/mol. The summed E-state index contributed by atoms with van der Waals surface area (Å²) in [7, 11) is -5.60. The van der Waals surface area contributed by atoms with Crippen LogP contribution in [0.3, 0.4) is 0 Å². The number of aliphatic hydroxyl groups is 21.